The van der Waals surface area contributed by atoms with Crippen LogP contribution in [0.15, 0.2) is 63.9 Å². The summed E-state index contributed by atoms with van der Waals surface area (Å²) in [5.41, 5.74) is 2.61. The lowest BCUT2D eigenvalue weighted by Crippen LogP contribution is -2.27. The molecule has 1 fully saturated rings. The molecule has 1 aliphatic heterocycles. The number of furan rings is 1. The molecule has 29 heavy (non-hydrogen) atoms. The van der Waals surface area contributed by atoms with Gasteiger partial charge in [0.15, 0.2) is 0 Å². The third-order valence-electron chi connectivity index (χ3n) is 4.44. The third kappa shape index (κ3) is 4.13. The molecule has 4 nitrogen and oxygen atoms in total. The second kappa shape index (κ2) is 7.89. The standard InChI is InChI=1S/C22H15ClFNO3S/c1-13-2-4-14(5-3-13)12-25-21(26)20(29-22(25)27)11-16-7-9-19(28-16)15-6-8-18(24)17(23)10-15/h2-11H,12H2,1H3/b20-11-. The van der Waals surface area contributed by atoms with E-state index in [2.05, 4.69) is 0 Å². The van der Waals surface area contributed by atoms with E-state index in [1.54, 1.807) is 18.2 Å². The van der Waals surface area contributed by atoms with E-state index in [0.717, 1.165) is 22.9 Å². The van der Waals surface area contributed by atoms with Crippen molar-refractivity contribution in [1.82, 2.24) is 4.90 Å². The summed E-state index contributed by atoms with van der Waals surface area (Å²) in [6.07, 6.45) is 1.54. The smallest absolute Gasteiger partial charge is 0.293 e. The predicted octanol–water partition coefficient (Wildman–Crippen LogP) is 6.28. The lowest BCUT2D eigenvalue weighted by atomic mass is 10.1. The number of amides is 2. The van der Waals surface area contributed by atoms with Crippen molar-refractivity contribution in [3.8, 4) is 11.3 Å². The van der Waals surface area contributed by atoms with Gasteiger partial charge >= 0.3 is 0 Å². The number of carbonyl (C=O) groups is 2. The highest BCUT2D eigenvalue weighted by atomic mass is 35.5. The van der Waals surface area contributed by atoms with Gasteiger partial charge in [0.25, 0.3) is 11.1 Å². The van der Waals surface area contributed by atoms with Gasteiger partial charge in [-0.05, 0) is 54.6 Å². The first-order valence-corrected chi connectivity index (χ1v) is 9.96. The first-order valence-electron chi connectivity index (χ1n) is 8.77. The lowest BCUT2D eigenvalue weighted by Gasteiger charge is -2.12. The Morgan fingerprint density at radius 1 is 1.10 bits per heavy atom. The first-order chi connectivity index (χ1) is 13.9. The molecule has 2 aromatic carbocycles. The molecule has 0 atom stereocenters. The molecule has 0 N–H and O–H groups in total. The van der Waals surface area contributed by atoms with Crippen molar-refractivity contribution in [3.63, 3.8) is 0 Å². The summed E-state index contributed by atoms with van der Waals surface area (Å²) in [6.45, 7) is 2.20. The predicted molar refractivity (Wildman–Crippen MR) is 112 cm³/mol. The lowest BCUT2D eigenvalue weighted by molar-refractivity contribution is -0.123. The molecular weight excluding hydrogens is 413 g/mol. The summed E-state index contributed by atoms with van der Waals surface area (Å²) in [7, 11) is 0. The summed E-state index contributed by atoms with van der Waals surface area (Å²) in [5, 5.41) is -0.323. The Balaban J connectivity index is 1.53. The number of hydrogen-bond acceptors (Lipinski definition) is 4. The van der Waals surface area contributed by atoms with Crippen LogP contribution in [0.3, 0.4) is 0 Å². The van der Waals surface area contributed by atoms with Crippen LogP contribution in [0.4, 0.5) is 9.18 Å². The second-order valence-corrected chi connectivity index (χ2v) is 7.98. The van der Waals surface area contributed by atoms with Crippen molar-refractivity contribution >= 4 is 40.6 Å². The van der Waals surface area contributed by atoms with E-state index in [4.69, 9.17) is 16.0 Å². The molecule has 0 unspecified atom stereocenters. The number of benzene rings is 2. The molecule has 3 aromatic rings. The van der Waals surface area contributed by atoms with E-state index in [1.165, 1.54) is 23.1 Å². The zero-order valence-corrected chi connectivity index (χ0v) is 16.9. The van der Waals surface area contributed by atoms with E-state index >= 15 is 0 Å². The van der Waals surface area contributed by atoms with Crippen molar-refractivity contribution in [2.45, 2.75) is 13.5 Å². The molecule has 2 heterocycles. The number of halogens is 2. The molecule has 1 aromatic heterocycles. The fourth-order valence-corrected chi connectivity index (χ4v) is 3.88. The van der Waals surface area contributed by atoms with E-state index in [1.807, 2.05) is 31.2 Å². The molecule has 1 aliphatic rings. The van der Waals surface area contributed by atoms with Gasteiger partial charge in [0.1, 0.15) is 17.3 Å². The zero-order chi connectivity index (χ0) is 20.5. The fraction of sp³-hybridized carbons (Fsp3) is 0.0909. The van der Waals surface area contributed by atoms with Crippen LogP contribution in [0.5, 0.6) is 0 Å². The van der Waals surface area contributed by atoms with Crippen LogP contribution < -0.4 is 0 Å². The first kappa shape index (κ1) is 19.5. The Labute approximate surface area is 176 Å². The number of thioether (sulfide) groups is 1. The highest BCUT2D eigenvalue weighted by molar-refractivity contribution is 8.18. The third-order valence-corrected chi connectivity index (χ3v) is 5.64. The van der Waals surface area contributed by atoms with Crippen LogP contribution in [0.1, 0.15) is 16.9 Å². The SMILES string of the molecule is Cc1ccc(CN2C(=O)S/C(=C\c3ccc(-c4ccc(F)c(Cl)c4)o3)C2=O)cc1. The Morgan fingerprint density at radius 3 is 2.59 bits per heavy atom. The molecule has 0 saturated carbocycles. The number of hydrogen-bond donors (Lipinski definition) is 0. The second-order valence-electron chi connectivity index (χ2n) is 6.58. The largest absolute Gasteiger partial charge is 0.457 e. The van der Waals surface area contributed by atoms with Gasteiger partial charge in [-0.1, -0.05) is 41.4 Å². The fourth-order valence-electron chi connectivity index (χ4n) is 2.88. The Hall–Kier alpha value is -2.83. The van der Waals surface area contributed by atoms with Crippen LogP contribution in [-0.2, 0) is 11.3 Å². The number of nitrogens with zero attached hydrogens (tertiary/aromatic N) is 1. The van der Waals surface area contributed by atoms with Crippen molar-refractivity contribution in [2.75, 3.05) is 0 Å². The van der Waals surface area contributed by atoms with Gasteiger partial charge in [-0.3, -0.25) is 14.5 Å². The van der Waals surface area contributed by atoms with Crippen molar-refractivity contribution < 1.29 is 18.4 Å². The van der Waals surface area contributed by atoms with Crippen LogP contribution in [0.25, 0.3) is 17.4 Å². The highest BCUT2D eigenvalue weighted by Gasteiger charge is 2.35. The van der Waals surface area contributed by atoms with Crippen LogP contribution >= 0.6 is 23.4 Å². The minimum Gasteiger partial charge on any atom is -0.457 e. The average molecular weight is 428 g/mol. The van der Waals surface area contributed by atoms with Gasteiger partial charge in [0.2, 0.25) is 0 Å². The zero-order valence-electron chi connectivity index (χ0n) is 15.3. The topological polar surface area (TPSA) is 50.5 Å². The normalized spacial score (nSPS) is 15.6. The van der Waals surface area contributed by atoms with Crippen LogP contribution in [0.2, 0.25) is 5.02 Å². The Kier molecular flexibility index (Phi) is 5.30. The van der Waals surface area contributed by atoms with E-state index in [0.29, 0.717) is 22.0 Å². The maximum atomic E-state index is 13.3. The van der Waals surface area contributed by atoms with E-state index in [9.17, 15) is 14.0 Å². The monoisotopic (exact) mass is 427 g/mol. The quantitative estimate of drug-likeness (QED) is 0.459. The van der Waals surface area contributed by atoms with Crippen LogP contribution in [-0.4, -0.2) is 16.0 Å². The summed E-state index contributed by atoms with van der Waals surface area (Å²) in [5.74, 6) is 0.0334. The molecule has 0 bridgehead atoms. The van der Waals surface area contributed by atoms with Crippen molar-refractivity contribution in [2.24, 2.45) is 0 Å². The van der Waals surface area contributed by atoms with Crippen molar-refractivity contribution in [3.05, 3.63) is 87.2 Å². The maximum absolute atomic E-state index is 13.3. The Bertz CT molecular complexity index is 1140. The van der Waals surface area contributed by atoms with Gasteiger partial charge in [-0.25, -0.2) is 4.39 Å². The molecule has 2 amide bonds. The van der Waals surface area contributed by atoms with Gasteiger partial charge in [0.05, 0.1) is 16.5 Å². The summed E-state index contributed by atoms with van der Waals surface area (Å²) in [6, 6.07) is 15.3. The molecule has 0 spiro atoms. The number of rotatable bonds is 4. The molecule has 0 radical (unpaired) electrons. The van der Waals surface area contributed by atoms with Gasteiger partial charge < -0.3 is 4.42 Å². The number of aryl methyl sites for hydroxylation is 1. The van der Waals surface area contributed by atoms with Gasteiger partial charge in [-0.2, -0.15) is 0 Å². The summed E-state index contributed by atoms with van der Waals surface area (Å²) in [4.78, 5) is 26.5. The minimum absolute atomic E-state index is 0.00215. The molecule has 146 valence electrons. The van der Waals surface area contributed by atoms with Crippen molar-refractivity contribution in [1.29, 1.82) is 0 Å². The molecule has 0 aliphatic carbocycles. The number of imide groups is 1. The average Bonchev–Trinajstić information content (AvgIpc) is 3.26. The van der Waals surface area contributed by atoms with Crippen LogP contribution in [0, 0.1) is 12.7 Å². The highest BCUT2D eigenvalue weighted by Crippen LogP contribution is 2.34. The van der Waals surface area contributed by atoms with Gasteiger partial charge in [-0.15, -0.1) is 0 Å². The van der Waals surface area contributed by atoms with Gasteiger partial charge in [0, 0.05) is 11.6 Å². The molecule has 4 rings (SSSR count). The molecule has 7 heteroatoms. The van der Waals surface area contributed by atoms with E-state index in [-0.39, 0.29) is 22.7 Å². The minimum atomic E-state index is -0.510. The molecule has 1 saturated heterocycles. The summed E-state index contributed by atoms with van der Waals surface area (Å²) >= 11 is 6.69. The molecular formula is C22H15ClFNO3S. The maximum Gasteiger partial charge on any atom is 0.293 e. The number of carbonyl (C=O) groups excluding carboxylic acids is 2. The van der Waals surface area contributed by atoms with E-state index < -0.39 is 5.82 Å². The summed E-state index contributed by atoms with van der Waals surface area (Å²) < 4.78 is 19.1. The Morgan fingerprint density at radius 2 is 1.86 bits per heavy atom.